The average Bonchev–Trinajstić information content (AvgIpc) is 2.98. The summed E-state index contributed by atoms with van der Waals surface area (Å²) < 4.78 is 5.22. The van der Waals surface area contributed by atoms with Gasteiger partial charge >= 0.3 is 5.97 Å². The molecule has 0 fully saturated rings. The molecule has 2 aromatic carbocycles. The van der Waals surface area contributed by atoms with Crippen molar-refractivity contribution >= 4 is 5.97 Å². The second kappa shape index (κ2) is 5.20. The summed E-state index contributed by atoms with van der Waals surface area (Å²) in [7, 11) is 0. The van der Waals surface area contributed by atoms with E-state index in [9.17, 15) is 4.79 Å². The molecule has 0 saturated carbocycles. The van der Waals surface area contributed by atoms with Gasteiger partial charge in [0.1, 0.15) is 0 Å². The first kappa shape index (κ1) is 13.1. The molecule has 5 nitrogen and oxygen atoms in total. The average molecular weight is 280 g/mol. The fourth-order valence-corrected chi connectivity index (χ4v) is 1.95. The van der Waals surface area contributed by atoms with E-state index in [0.29, 0.717) is 17.3 Å². The van der Waals surface area contributed by atoms with Crippen molar-refractivity contribution in [1.82, 2.24) is 10.1 Å². The maximum absolute atomic E-state index is 11.0. The molecule has 0 radical (unpaired) electrons. The summed E-state index contributed by atoms with van der Waals surface area (Å²) in [5, 5.41) is 12.9. The molecule has 3 aromatic rings. The summed E-state index contributed by atoms with van der Waals surface area (Å²) in [6.07, 6.45) is 0. The number of rotatable bonds is 3. The number of hydrogen-bond acceptors (Lipinski definition) is 4. The Hall–Kier alpha value is -2.95. The number of carbonyl (C=O) groups is 1. The smallest absolute Gasteiger partial charge is 0.335 e. The molecule has 0 aliphatic heterocycles. The number of aromatic nitrogens is 2. The van der Waals surface area contributed by atoms with Crippen LogP contribution < -0.4 is 0 Å². The van der Waals surface area contributed by atoms with Gasteiger partial charge in [0.15, 0.2) is 0 Å². The molecule has 21 heavy (non-hydrogen) atoms. The lowest BCUT2D eigenvalue weighted by atomic mass is 10.1. The van der Waals surface area contributed by atoms with E-state index in [4.69, 9.17) is 9.63 Å². The molecule has 0 amide bonds. The highest BCUT2D eigenvalue weighted by atomic mass is 16.5. The van der Waals surface area contributed by atoms with Crippen molar-refractivity contribution < 1.29 is 14.4 Å². The minimum atomic E-state index is -0.991. The Morgan fingerprint density at radius 2 is 1.86 bits per heavy atom. The fourth-order valence-electron chi connectivity index (χ4n) is 1.95. The van der Waals surface area contributed by atoms with Crippen molar-refractivity contribution in [2.45, 2.75) is 6.92 Å². The number of nitrogens with zero attached hydrogens (tertiary/aromatic N) is 2. The van der Waals surface area contributed by atoms with Gasteiger partial charge in [-0.1, -0.05) is 41.1 Å². The van der Waals surface area contributed by atoms with Crippen molar-refractivity contribution in [3.63, 3.8) is 0 Å². The van der Waals surface area contributed by atoms with E-state index in [1.54, 1.807) is 12.1 Å². The predicted molar refractivity (Wildman–Crippen MR) is 76.9 cm³/mol. The highest BCUT2D eigenvalue weighted by Crippen LogP contribution is 2.23. The molecule has 0 spiro atoms. The van der Waals surface area contributed by atoms with Gasteiger partial charge in [-0.3, -0.25) is 0 Å². The maximum Gasteiger partial charge on any atom is 0.335 e. The first-order chi connectivity index (χ1) is 10.1. The molecule has 1 N–H and O–H groups in total. The second-order valence-electron chi connectivity index (χ2n) is 4.68. The summed E-state index contributed by atoms with van der Waals surface area (Å²) in [5.41, 5.74) is 2.77. The maximum atomic E-state index is 11.0. The zero-order valence-electron chi connectivity index (χ0n) is 11.3. The quantitative estimate of drug-likeness (QED) is 0.795. The lowest BCUT2D eigenvalue weighted by molar-refractivity contribution is 0.0697. The first-order valence-corrected chi connectivity index (χ1v) is 6.38. The minimum absolute atomic E-state index is 0.183. The van der Waals surface area contributed by atoms with Crippen molar-refractivity contribution in [3.05, 3.63) is 59.7 Å². The Kier molecular flexibility index (Phi) is 3.23. The Morgan fingerprint density at radius 3 is 2.57 bits per heavy atom. The molecule has 1 heterocycles. The van der Waals surface area contributed by atoms with Crippen LogP contribution in [-0.2, 0) is 0 Å². The van der Waals surface area contributed by atoms with Crippen LogP contribution in [0.4, 0.5) is 0 Å². The largest absolute Gasteiger partial charge is 0.478 e. The van der Waals surface area contributed by atoms with Gasteiger partial charge < -0.3 is 9.63 Å². The van der Waals surface area contributed by atoms with E-state index >= 15 is 0 Å². The van der Waals surface area contributed by atoms with Crippen LogP contribution in [-0.4, -0.2) is 21.2 Å². The zero-order valence-corrected chi connectivity index (χ0v) is 11.3. The van der Waals surface area contributed by atoms with E-state index in [1.807, 2.05) is 31.2 Å². The Balaban J connectivity index is 1.96. The zero-order chi connectivity index (χ0) is 14.8. The molecule has 0 unspecified atom stereocenters. The number of hydrogen-bond donors (Lipinski definition) is 1. The monoisotopic (exact) mass is 280 g/mol. The number of carboxylic acids is 1. The van der Waals surface area contributed by atoms with Crippen LogP contribution in [0.5, 0.6) is 0 Å². The van der Waals surface area contributed by atoms with Gasteiger partial charge in [-0.05, 0) is 25.1 Å². The molecule has 0 atom stereocenters. The summed E-state index contributed by atoms with van der Waals surface area (Å²) in [6.45, 7) is 2.00. The van der Waals surface area contributed by atoms with E-state index in [0.717, 1.165) is 11.1 Å². The molecule has 5 heteroatoms. The van der Waals surface area contributed by atoms with Crippen LogP contribution in [0.15, 0.2) is 53.1 Å². The van der Waals surface area contributed by atoms with Crippen molar-refractivity contribution in [2.24, 2.45) is 0 Å². The SMILES string of the molecule is Cc1ccc(-c2noc(-c3cccc(C(=O)O)c3)n2)cc1. The van der Waals surface area contributed by atoms with Crippen LogP contribution in [0.1, 0.15) is 15.9 Å². The third-order valence-corrected chi connectivity index (χ3v) is 3.09. The molecule has 1 aromatic heterocycles. The molecule has 0 aliphatic rings. The Labute approximate surface area is 120 Å². The van der Waals surface area contributed by atoms with Gasteiger partial charge in [0.2, 0.25) is 5.82 Å². The fraction of sp³-hybridized carbons (Fsp3) is 0.0625. The van der Waals surface area contributed by atoms with Crippen molar-refractivity contribution in [3.8, 4) is 22.8 Å². The third-order valence-electron chi connectivity index (χ3n) is 3.09. The molecule has 3 rings (SSSR count). The normalized spacial score (nSPS) is 10.5. The minimum Gasteiger partial charge on any atom is -0.478 e. The lowest BCUT2D eigenvalue weighted by Gasteiger charge is -1.97. The van der Waals surface area contributed by atoms with Gasteiger partial charge in [-0.2, -0.15) is 4.98 Å². The Morgan fingerprint density at radius 1 is 1.10 bits per heavy atom. The highest BCUT2D eigenvalue weighted by Gasteiger charge is 2.12. The van der Waals surface area contributed by atoms with Crippen LogP contribution in [0.25, 0.3) is 22.8 Å². The van der Waals surface area contributed by atoms with Gasteiger partial charge in [0.05, 0.1) is 5.56 Å². The molecular formula is C16H12N2O3. The van der Waals surface area contributed by atoms with E-state index in [-0.39, 0.29) is 5.56 Å². The van der Waals surface area contributed by atoms with Crippen LogP contribution in [0.3, 0.4) is 0 Å². The predicted octanol–water partition coefficient (Wildman–Crippen LogP) is 3.41. The summed E-state index contributed by atoms with van der Waals surface area (Å²) >= 11 is 0. The third kappa shape index (κ3) is 2.67. The summed E-state index contributed by atoms with van der Waals surface area (Å²) in [6, 6.07) is 14.2. The lowest BCUT2D eigenvalue weighted by Crippen LogP contribution is -1.95. The van der Waals surface area contributed by atoms with Crippen molar-refractivity contribution in [2.75, 3.05) is 0 Å². The molecule has 0 bridgehead atoms. The number of aryl methyl sites for hydroxylation is 1. The summed E-state index contributed by atoms with van der Waals surface area (Å²) in [5.74, 6) is -0.213. The molecule has 0 aliphatic carbocycles. The molecule has 0 saturated heterocycles. The Bertz CT molecular complexity index is 791. The molecule has 104 valence electrons. The van der Waals surface area contributed by atoms with Crippen molar-refractivity contribution in [1.29, 1.82) is 0 Å². The second-order valence-corrected chi connectivity index (χ2v) is 4.68. The van der Waals surface area contributed by atoms with Gasteiger partial charge in [-0.25, -0.2) is 4.79 Å². The number of benzene rings is 2. The van der Waals surface area contributed by atoms with E-state index < -0.39 is 5.97 Å². The van der Waals surface area contributed by atoms with E-state index in [2.05, 4.69) is 10.1 Å². The van der Waals surface area contributed by atoms with Crippen LogP contribution >= 0.6 is 0 Å². The van der Waals surface area contributed by atoms with E-state index in [1.165, 1.54) is 12.1 Å². The van der Waals surface area contributed by atoms with Gasteiger partial charge in [0.25, 0.3) is 5.89 Å². The van der Waals surface area contributed by atoms with Gasteiger partial charge in [-0.15, -0.1) is 0 Å². The van der Waals surface area contributed by atoms with Crippen LogP contribution in [0, 0.1) is 6.92 Å². The van der Waals surface area contributed by atoms with Crippen LogP contribution in [0.2, 0.25) is 0 Å². The number of carboxylic acid groups (broad SMARTS) is 1. The first-order valence-electron chi connectivity index (χ1n) is 6.38. The standard InChI is InChI=1S/C16H12N2O3/c1-10-5-7-11(8-6-10)14-17-15(21-18-14)12-3-2-4-13(9-12)16(19)20/h2-9H,1H3,(H,19,20). The molecular weight excluding hydrogens is 268 g/mol. The topological polar surface area (TPSA) is 76.2 Å². The highest BCUT2D eigenvalue weighted by molar-refractivity contribution is 5.89. The number of aromatic carboxylic acids is 1. The summed E-state index contributed by atoms with van der Waals surface area (Å²) in [4.78, 5) is 15.3. The van der Waals surface area contributed by atoms with Gasteiger partial charge in [0, 0.05) is 11.1 Å².